The van der Waals surface area contributed by atoms with Gasteiger partial charge < -0.3 is 13.6 Å². The minimum Gasteiger partial charge on any atom is -0.492 e. The van der Waals surface area contributed by atoms with Crippen LogP contribution in [0.1, 0.15) is 18.4 Å². The second-order valence-corrected chi connectivity index (χ2v) is 6.44. The van der Waals surface area contributed by atoms with Gasteiger partial charge in [-0.05, 0) is 37.0 Å². The minimum atomic E-state index is -0.429. The van der Waals surface area contributed by atoms with Crippen LogP contribution in [-0.4, -0.2) is 11.5 Å². The monoisotopic (exact) mass is 379 g/mol. The number of nitro benzene ring substituents is 1. The Labute approximate surface area is 159 Å². The molecular formula is C21H17NO6. The fourth-order valence-corrected chi connectivity index (χ4v) is 3.20. The predicted octanol–water partition coefficient (Wildman–Crippen LogP) is 4.85. The molecule has 7 heteroatoms. The highest BCUT2D eigenvalue weighted by atomic mass is 16.6. The number of rotatable bonds is 7. The van der Waals surface area contributed by atoms with Crippen molar-refractivity contribution in [2.45, 2.75) is 19.3 Å². The molecule has 4 rings (SSSR count). The van der Waals surface area contributed by atoms with Crippen LogP contribution in [0.15, 0.2) is 68.4 Å². The average molecular weight is 379 g/mol. The van der Waals surface area contributed by atoms with Gasteiger partial charge in [-0.1, -0.05) is 12.1 Å². The highest BCUT2D eigenvalue weighted by molar-refractivity contribution is 6.01. The molecule has 28 heavy (non-hydrogen) atoms. The molecule has 2 aromatic carbocycles. The van der Waals surface area contributed by atoms with Crippen molar-refractivity contribution in [2.75, 3.05) is 6.61 Å². The second-order valence-electron chi connectivity index (χ2n) is 6.44. The summed E-state index contributed by atoms with van der Waals surface area (Å²) < 4.78 is 16.7. The van der Waals surface area contributed by atoms with Crippen LogP contribution >= 0.6 is 0 Å². The fraction of sp³-hybridized carbons (Fsp3) is 0.190. The lowest BCUT2D eigenvalue weighted by Crippen LogP contribution is -2.01. The fourth-order valence-electron chi connectivity index (χ4n) is 3.20. The number of furan rings is 1. The maximum absolute atomic E-state index is 11.5. The van der Waals surface area contributed by atoms with Crippen LogP contribution in [0.25, 0.3) is 21.9 Å². The normalized spacial score (nSPS) is 11.1. The van der Waals surface area contributed by atoms with Crippen molar-refractivity contribution in [1.29, 1.82) is 0 Å². The molecule has 0 unspecified atom stereocenters. The Morgan fingerprint density at radius 2 is 1.86 bits per heavy atom. The number of hydrogen-bond acceptors (Lipinski definition) is 6. The summed E-state index contributed by atoms with van der Waals surface area (Å²) in [6.45, 7) is 0.466. The van der Waals surface area contributed by atoms with Crippen molar-refractivity contribution < 1.29 is 18.5 Å². The summed E-state index contributed by atoms with van der Waals surface area (Å²) in [5.41, 5.74) is 1.61. The zero-order valence-electron chi connectivity index (χ0n) is 14.9. The van der Waals surface area contributed by atoms with E-state index in [0.29, 0.717) is 28.9 Å². The molecule has 0 aliphatic rings. The summed E-state index contributed by atoms with van der Waals surface area (Å²) in [5, 5.41) is 12.4. The van der Waals surface area contributed by atoms with E-state index in [0.717, 1.165) is 30.2 Å². The predicted molar refractivity (Wildman–Crippen MR) is 104 cm³/mol. The summed E-state index contributed by atoms with van der Waals surface area (Å²) in [4.78, 5) is 22.0. The molecule has 0 amide bonds. The number of ether oxygens (including phenoxy) is 1. The Morgan fingerprint density at radius 3 is 2.71 bits per heavy atom. The maximum Gasteiger partial charge on any atom is 0.336 e. The molecule has 4 aromatic rings. The number of unbranched alkanes of at least 4 members (excludes halogenated alkanes) is 1. The third kappa shape index (κ3) is 3.59. The van der Waals surface area contributed by atoms with Crippen LogP contribution in [0.3, 0.4) is 0 Å². The lowest BCUT2D eigenvalue weighted by Gasteiger charge is -2.10. The molecular weight excluding hydrogens is 362 g/mol. The molecule has 0 aliphatic carbocycles. The molecule has 0 saturated carbocycles. The van der Waals surface area contributed by atoms with Gasteiger partial charge in [0.05, 0.1) is 28.6 Å². The first-order valence-corrected chi connectivity index (χ1v) is 8.92. The Morgan fingerprint density at radius 1 is 1.00 bits per heavy atom. The van der Waals surface area contributed by atoms with E-state index in [1.807, 2.05) is 12.1 Å². The van der Waals surface area contributed by atoms with Gasteiger partial charge in [-0.2, -0.15) is 0 Å². The SMILES string of the molecule is O=c1ccc2c(OCCCCc3cccc([N+](=O)[O-])c3)c3ccoc3cc2o1. The molecule has 2 heterocycles. The van der Waals surface area contributed by atoms with E-state index in [1.165, 1.54) is 12.1 Å². The van der Waals surface area contributed by atoms with Crippen molar-refractivity contribution in [3.05, 3.63) is 80.9 Å². The number of nitro groups is 1. The first-order chi connectivity index (χ1) is 13.6. The highest BCUT2D eigenvalue weighted by Crippen LogP contribution is 2.35. The average Bonchev–Trinajstić information content (AvgIpc) is 3.15. The molecule has 0 radical (unpaired) electrons. The number of aryl methyl sites for hydroxylation is 1. The van der Waals surface area contributed by atoms with Crippen LogP contribution in [0.4, 0.5) is 5.69 Å². The van der Waals surface area contributed by atoms with Gasteiger partial charge in [0.1, 0.15) is 16.9 Å². The molecule has 0 atom stereocenters. The summed E-state index contributed by atoms with van der Waals surface area (Å²) >= 11 is 0. The van der Waals surface area contributed by atoms with Gasteiger partial charge in [0.2, 0.25) is 0 Å². The standard InChI is InChI=1S/C21H17NO6/c23-20-8-7-16-19(28-20)13-18-17(9-11-26-18)21(16)27-10-2-1-4-14-5-3-6-15(12-14)22(24)25/h3,5-9,11-13H,1-2,4,10H2. The van der Waals surface area contributed by atoms with Gasteiger partial charge >= 0.3 is 5.63 Å². The lowest BCUT2D eigenvalue weighted by molar-refractivity contribution is -0.384. The van der Waals surface area contributed by atoms with Crippen LogP contribution < -0.4 is 10.4 Å². The third-order valence-electron chi connectivity index (χ3n) is 4.54. The van der Waals surface area contributed by atoms with Crippen LogP contribution in [0.5, 0.6) is 5.75 Å². The van der Waals surface area contributed by atoms with E-state index >= 15 is 0 Å². The smallest absolute Gasteiger partial charge is 0.336 e. The summed E-state index contributed by atoms with van der Waals surface area (Å²) in [5.74, 6) is 0.625. The summed E-state index contributed by atoms with van der Waals surface area (Å²) in [6.07, 6.45) is 3.90. The lowest BCUT2D eigenvalue weighted by atomic mass is 10.1. The quantitative estimate of drug-likeness (QED) is 0.197. The van der Waals surface area contributed by atoms with Crippen molar-refractivity contribution in [3.8, 4) is 5.75 Å². The number of hydrogen-bond donors (Lipinski definition) is 0. The zero-order chi connectivity index (χ0) is 19.5. The third-order valence-corrected chi connectivity index (χ3v) is 4.54. The van der Waals surface area contributed by atoms with Gasteiger partial charge in [0.25, 0.3) is 5.69 Å². The largest absolute Gasteiger partial charge is 0.492 e. The minimum absolute atomic E-state index is 0.105. The molecule has 0 bridgehead atoms. The van der Waals surface area contributed by atoms with Gasteiger partial charge in [-0.25, -0.2) is 4.79 Å². The van der Waals surface area contributed by atoms with Crippen molar-refractivity contribution in [2.24, 2.45) is 0 Å². The number of benzene rings is 2. The topological polar surface area (TPSA) is 95.7 Å². The second kappa shape index (κ2) is 7.56. The Bertz CT molecular complexity index is 1210. The Balaban J connectivity index is 1.44. The Hall–Kier alpha value is -3.61. The van der Waals surface area contributed by atoms with Gasteiger partial charge in [0.15, 0.2) is 0 Å². The molecule has 2 aromatic heterocycles. The van der Waals surface area contributed by atoms with Crippen molar-refractivity contribution in [1.82, 2.24) is 0 Å². The molecule has 142 valence electrons. The van der Waals surface area contributed by atoms with E-state index in [1.54, 1.807) is 30.5 Å². The van der Waals surface area contributed by atoms with E-state index in [-0.39, 0.29) is 10.6 Å². The molecule has 0 N–H and O–H groups in total. The summed E-state index contributed by atoms with van der Waals surface area (Å²) in [6, 6.07) is 13.2. The summed E-state index contributed by atoms with van der Waals surface area (Å²) in [7, 11) is 0. The van der Waals surface area contributed by atoms with Crippen LogP contribution in [0, 0.1) is 10.1 Å². The number of fused-ring (bicyclic) bond motifs is 2. The number of non-ortho nitro benzene ring substituents is 1. The highest BCUT2D eigenvalue weighted by Gasteiger charge is 2.13. The number of nitrogens with zero attached hydrogens (tertiary/aromatic N) is 1. The first kappa shape index (κ1) is 17.8. The molecule has 0 spiro atoms. The van der Waals surface area contributed by atoms with E-state index in [9.17, 15) is 14.9 Å². The maximum atomic E-state index is 11.5. The van der Waals surface area contributed by atoms with Crippen LogP contribution in [0.2, 0.25) is 0 Å². The Kier molecular flexibility index (Phi) is 4.80. The van der Waals surface area contributed by atoms with E-state index in [2.05, 4.69) is 0 Å². The zero-order valence-corrected chi connectivity index (χ0v) is 14.9. The van der Waals surface area contributed by atoms with E-state index in [4.69, 9.17) is 13.6 Å². The molecule has 0 aliphatic heterocycles. The van der Waals surface area contributed by atoms with E-state index < -0.39 is 5.63 Å². The first-order valence-electron chi connectivity index (χ1n) is 8.92. The van der Waals surface area contributed by atoms with Gasteiger partial charge in [0, 0.05) is 24.3 Å². The molecule has 0 saturated heterocycles. The van der Waals surface area contributed by atoms with Crippen molar-refractivity contribution >= 4 is 27.6 Å². The van der Waals surface area contributed by atoms with Gasteiger partial charge in [-0.15, -0.1) is 0 Å². The van der Waals surface area contributed by atoms with Gasteiger partial charge in [-0.3, -0.25) is 10.1 Å². The van der Waals surface area contributed by atoms with Crippen LogP contribution in [-0.2, 0) is 6.42 Å². The molecule has 0 fully saturated rings. The van der Waals surface area contributed by atoms with Crippen molar-refractivity contribution in [3.63, 3.8) is 0 Å². The molecule has 7 nitrogen and oxygen atoms in total.